The SMILES string of the molecule is c1ccc([C]2Oc3ccccc32)cc1. The predicted molar refractivity (Wildman–Crippen MR) is 55.0 cm³/mol. The van der Waals surface area contributed by atoms with E-state index in [1.54, 1.807) is 0 Å². The Morgan fingerprint density at radius 1 is 0.714 bits per heavy atom. The van der Waals surface area contributed by atoms with Gasteiger partial charge in [-0.2, -0.15) is 0 Å². The number of ether oxygens (including phenoxy) is 1. The molecule has 0 fully saturated rings. The van der Waals surface area contributed by atoms with Gasteiger partial charge in [0.25, 0.3) is 0 Å². The maximum atomic E-state index is 5.59. The van der Waals surface area contributed by atoms with Gasteiger partial charge in [0.15, 0.2) is 0 Å². The number of para-hydroxylation sites is 1. The molecule has 0 bridgehead atoms. The maximum Gasteiger partial charge on any atom is 0.211 e. The molecule has 1 heterocycles. The van der Waals surface area contributed by atoms with Crippen molar-refractivity contribution in [2.75, 3.05) is 0 Å². The van der Waals surface area contributed by atoms with Crippen LogP contribution in [0.3, 0.4) is 0 Å². The molecular formula is C13H9O. The molecule has 1 aliphatic heterocycles. The summed E-state index contributed by atoms with van der Waals surface area (Å²) in [5.41, 5.74) is 2.35. The van der Waals surface area contributed by atoms with Crippen LogP contribution in [0.4, 0.5) is 0 Å². The Morgan fingerprint density at radius 2 is 1.43 bits per heavy atom. The standard InChI is InChI=1S/C13H9O/c1-2-6-10(7-3-1)13-11-8-4-5-9-12(11)14-13/h1-9H. The Hall–Kier alpha value is -1.76. The van der Waals surface area contributed by atoms with Gasteiger partial charge in [0.2, 0.25) is 6.10 Å². The first-order valence-electron chi connectivity index (χ1n) is 4.65. The molecule has 1 radical (unpaired) electrons. The van der Waals surface area contributed by atoms with Crippen LogP contribution in [0, 0.1) is 6.10 Å². The lowest BCUT2D eigenvalue weighted by molar-refractivity contribution is 0.316. The number of benzene rings is 2. The smallest absolute Gasteiger partial charge is 0.211 e. The fourth-order valence-corrected chi connectivity index (χ4v) is 1.67. The van der Waals surface area contributed by atoms with Gasteiger partial charge >= 0.3 is 0 Å². The lowest BCUT2D eigenvalue weighted by Crippen LogP contribution is -2.20. The highest BCUT2D eigenvalue weighted by Gasteiger charge is 2.30. The Bertz CT molecular complexity index is 448. The second kappa shape index (κ2) is 2.88. The summed E-state index contributed by atoms with van der Waals surface area (Å²) in [6.07, 6.45) is 0.987. The summed E-state index contributed by atoms with van der Waals surface area (Å²) in [6.45, 7) is 0. The third-order valence-electron chi connectivity index (χ3n) is 2.38. The van der Waals surface area contributed by atoms with E-state index in [2.05, 4.69) is 18.2 Å². The third-order valence-corrected chi connectivity index (χ3v) is 2.38. The van der Waals surface area contributed by atoms with E-state index >= 15 is 0 Å². The highest BCUT2D eigenvalue weighted by Crippen LogP contribution is 2.41. The maximum absolute atomic E-state index is 5.59. The molecule has 1 nitrogen and oxygen atoms in total. The lowest BCUT2D eigenvalue weighted by Gasteiger charge is -2.29. The van der Waals surface area contributed by atoms with Gasteiger partial charge in [0.05, 0.1) is 0 Å². The fraction of sp³-hybridized carbons (Fsp3) is 0. The quantitative estimate of drug-likeness (QED) is 0.657. The first kappa shape index (κ1) is 7.63. The van der Waals surface area contributed by atoms with Gasteiger partial charge in [0, 0.05) is 11.1 Å². The minimum Gasteiger partial charge on any atom is -0.472 e. The zero-order valence-electron chi connectivity index (χ0n) is 7.60. The molecule has 2 aromatic rings. The summed E-state index contributed by atoms with van der Waals surface area (Å²) in [7, 11) is 0. The van der Waals surface area contributed by atoms with E-state index in [0.717, 1.165) is 17.4 Å². The number of fused-ring (bicyclic) bond motifs is 1. The van der Waals surface area contributed by atoms with Crippen LogP contribution >= 0.6 is 0 Å². The largest absolute Gasteiger partial charge is 0.472 e. The summed E-state index contributed by atoms with van der Waals surface area (Å²) >= 11 is 0. The van der Waals surface area contributed by atoms with E-state index in [0.29, 0.717) is 0 Å². The molecule has 0 atom stereocenters. The summed E-state index contributed by atoms with van der Waals surface area (Å²) in [5, 5.41) is 0. The minimum absolute atomic E-state index is 0.978. The van der Waals surface area contributed by atoms with E-state index in [-0.39, 0.29) is 0 Å². The van der Waals surface area contributed by atoms with Crippen molar-refractivity contribution in [3.63, 3.8) is 0 Å². The van der Waals surface area contributed by atoms with Crippen LogP contribution in [0.25, 0.3) is 0 Å². The summed E-state index contributed by atoms with van der Waals surface area (Å²) < 4.78 is 5.59. The van der Waals surface area contributed by atoms with E-state index in [9.17, 15) is 0 Å². The van der Waals surface area contributed by atoms with Gasteiger partial charge < -0.3 is 4.74 Å². The minimum atomic E-state index is 0.978. The summed E-state index contributed by atoms with van der Waals surface area (Å²) in [5.74, 6) is 0.978. The number of rotatable bonds is 1. The van der Waals surface area contributed by atoms with Crippen molar-refractivity contribution in [3.8, 4) is 5.75 Å². The van der Waals surface area contributed by atoms with E-state index in [4.69, 9.17) is 4.74 Å². The summed E-state index contributed by atoms with van der Waals surface area (Å²) in [4.78, 5) is 0. The molecular weight excluding hydrogens is 172 g/mol. The van der Waals surface area contributed by atoms with Crippen molar-refractivity contribution < 1.29 is 4.74 Å². The van der Waals surface area contributed by atoms with Crippen LogP contribution in [0.1, 0.15) is 11.1 Å². The van der Waals surface area contributed by atoms with Crippen LogP contribution < -0.4 is 4.74 Å². The van der Waals surface area contributed by atoms with E-state index in [1.807, 2.05) is 36.4 Å². The first-order chi connectivity index (χ1) is 6.95. The predicted octanol–water partition coefficient (Wildman–Crippen LogP) is 3.01. The molecule has 0 amide bonds. The van der Waals surface area contributed by atoms with Crippen LogP contribution in [-0.2, 0) is 0 Å². The van der Waals surface area contributed by atoms with Crippen LogP contribution in [-0.4, -0.2) is 0 Å². The molecule has 3 rings (SSSR count). The molecule has 0 saturated carbocycles. The van der Waals surface area contributed by atoms with E-state index in [1.165, 1.54) is 5.56 Å². The second-order valence-corrected chi connectivity index (χ2v) is 3.29. The first-order valence-corrected chi connectivity index (χ1v) is 4.65. The zero-order chi connectivity index (χ0) is 9.38. The zero-order valence-corrected chi connectivity index (χ0v) is 7.60. The van der Waals surface area contributed by atoms with Gasteiger partial charge in [-0.05, 0) is 6.07 Å². The average Bonchev–Trinajstić information content (AvgIpc) is 2.22. The van der Waals surface area contributed by atoms with E-state index < -0.39 is 0 Å². The van der Waals surface area contributed by atoms with Gasteiger partial charge in [-0.15, -0.1) is 0 Å². The van der Waals surface area contributed by atoms with Crippen LogP contribution in [0.15, 0.2) is 54.6 Å². The van der Waals surface area contributed by atoms with Gasteiger partial charge in [0.1, 0.15) is 5.75 Å². The van der Waals surface area contributed by atoms with Crippen molar-refractivity contribution in [1.82, 2.24) is 0 Å². The topological polar surface area (TPSA) is 9.23 Å². The molecule has 0 spiro atoms. The second-order valence-electron chi connectivity index (χ2n) is 3.29. The molecule has 0 saturated heterocycles. The van der Waals surface area contributed by atoms with Gasteiger partial charge in [-0.25, -0.2) is 0 Å². The third kappa shape index (κ3) is 1.02. The molecule has 1 aliphatic rings. The molecule has 0 aromatic heterocycles. The van der Waals surface area contributed by atoms with Crippen molar-refractivity contribution in [1.29, 1.82) is 0 Å². The van der Waals surface area contributed by atoms with Crippen molar-refractivity contribution in [3.05, 3.63) is 71.8 Å². The fourth-order valence-electron chi connectivity index (χ4n) is 1.67. The van der Waals surface area contributed by atoms with Gasteiger partial charge in [-0.1, -0.05) is 48.5 Å². The summed E-state index contributed by atoms with van der Waals surface area (Å²) in [6, 6.07) is 18.3. The molecule has 14 heavy (non-hydrogen) atoms. The Kier molecular flexibility index (Phi) is 1.57. The van der Waals surface area contributed by atoms with Crippen LogP contribution in [0.2, 0.25) is 0 Å². The molecule has 1 heteroatoms. The Morgan fingerprint density at radius 3 is 2.21 bits per heavy atom. The Balaban J connectivity index is 2.00. The highest BCUT2D eigenvalue weighted by molar-refractivity contribution is 5.57. The number of hydrogen-bond donors (Lipinski definition) is 0. The van der Waals surface area contributed by atoms with Crippen molar-refractivity contribution in [2.24, 2.45) is 0 Å². The van der Waals surface area contributed by atoms with Gasteiger partial charge in [-0.3, -0.25) is 0 Å². The average molecular weight is 181 g/mol. The molecule has 0 aliphatic carbocycles. The monoisotopic (exact) mass is 181 g/mol. The highest BCUT2D eigenvalue weighted by atomic mass is 16.5. The normalized spacial score (nSPS) is 14.0. The molecule has 67 valence electrons. The van der Waals surface area contributed by atoms with Crippen molar-refractivity contribution >= 4 is 0 Å². The Labute approximate surface area is 83.0 Å². The molecule has 0 N–H and O–H groups in total. The lowest BCUT2D eigenvalue weighted by atomic mass is 9.96. The van der Waals surface area contributed by atoms with Crippen molar-refractivity contribution in [2.45, 2.75) is 0 Å². The number of hydrogen-bond acceptors (Lipinski definition) is 1. The molecule has 2 aromatic carbocycles. The van der Waals surface area contributed by atoms with Crippen LogP contribution in [0.5, 0.6) is 5.75 Å². The molecule has 0 unspecified atom stereocenters.